The second-order valence-electron chi connectivity index (χ2n) is 13.2. The average molecular weight is 667 g/mol. The van der Waals surface area contributed by atoms with Gasteiger partial charge < -0.3 is 14.4 Å². The van der Waals surface area contributed by atoms with Crippen molar-refractivity contribution in [3.63, 3.8) is 0 Å². The molecule has 1 unspecified atom stereocenters. The van der Waals surface area contributed by atoms with Gasteiger partial charge >= 0.3 is 0 Å². The van der Waals surface area contributed by atoms with Gasteiger partial charge in [-0.15, -0.1) is 0 Å². The Labute approximate surface area is 293 Å². The Morgan fingerprint density at radius 3 is 2.12 bits per heavy atom. The zero-order valence-electron chi connectivity index (χ0n) is 28.7. The molecule has 0 fully saturated rings. The number of carbonyl (C=O) groups is 2. The number of para-hydroxylation sites is 2. The van der Waals surface area contributed by atoms with E-state index < -0.39 is 10.8 Å². The monoisotopic (exact) mass is 666 g/mol. The van der Waals surface area contributed by atoms with Crippen LogP contribution in [0.3, 0.4) is 0 Å². The highest BCUT2D eigenvalue weighted by Gasteiger charge is 2.52. The van der Waals surface area contributed by atoms with E-state index >= 15 is 0 Å². The number of ether oxygens (including phenoxy) is 2. The summed E-state index contributed by atoms with van der Waals surface area (Å²) in [4.78, 5) is 24.1. The molecule has 5 rings (SSSR count). The highest BCUT2D eigenvalue weighted by molar-refractivity contribution is 6.11. The second kappa shape index (κ2) is 15.5. The summed E-state index contributed by atoms with van der Waals surface area (Å²) in [7, 11) is 0. The number of benzene rings is 3. The lowest BCUT2D eigenvalue weighted by atomic mass is 9.71. The van der Waals surface area contributed by atoms with E-state index in [-0.39, 0.29) is 23.5 Å². The van der Waals surface area contributed by atoms with E-state index in [1.165, 1.54) is 0 Å². The van der Waals surface area contributed by atoms with Gasteiger partial charge in [-0.05, 0) is 49.8 Å². The van der Waals surface area contributed by atoms with E-state index in [1.807, 2.05) is 99.6 Å². The third-order valence-electron chi connectivity index (χ3n) is 9.76. The molecule has 2 aliphatic heterocycles. The molecule has 252 valence electrons. The summed E-state index contributed by atoms with van der Waals surface area (Å²) in [6, 6.07) is 32.6. The molecule has 0 amide bonds. The minimum absolute atomic E-state index is 0.0277. The van der Waals surface area contributed by atoms with E-state index in [1.54, 1.807) is 4.58 Å². The number of hydrogen-bond donors (Lipinski definition) is 0. The Balaban J connectivity index is 1.72. The molecule has 3 aromatic rings. The number of anilines is 1. The standard InChI is InChI=1S/C41H40N5O4/c1-40(2)34-17-9-11-19-36(34)45(21-13-4-5-14-22-49-28-47)38(40)32(25-43)31(24-42)33(26-44)39-41(3,23-30-15-7-6-8-16-30)35-18-10-12-20-37(35)46(39)27-50-29-48/h6-12,15-20,28-29H,4-5,13-14,21-23,27H2,1-3H3/q+1. The number of rotatable bonds is 15. The minimum Gasteiger partial charge on any atom is -0.468 e. The maximum absolute atomic E-state index is 11.5. The van der Waals surface area contributed by atoms with Gasteiger partial charge in [-0.2, -0.15) is 20.4 Å². The van der Waals surface area contributed by atoms with Gasteiger partial charge in [0.2, 0.25) is 11.4 Å². The van der Waals surface area contributed by atoms with Gasteiger partial charge in [-0.3, -0.25) is 9.59 Å². The minimum atomic E-state index is -0.829. The van der Waals surface area contributed by atoms with Crippen molar-refractivity contribution >= 4 is 30.0 Å². The zero-order chi connectivity index (χ0) is 35.7. The van der Waals surface area contributed by atoms with Gasteiger partial charge in [0.15, 0.2) is 0 Å². The van der Waals surface area contributed by atoms with Crippen LogP contribution >= 0.6 is 0 Å². The van der Waals surface area contributed by atoms with E-state index in [2.05, 4.69) is 23.1 Å². The van der Waals surface area contributed by atoms with Crippen LogP contribution in [0, 0.1) is 34.0 Å². The van der Waals surface area contributed by atoms with Gasteiger partial charge in [0, 0.05) is 35.0 Å². The molecule has 0 spiro atoms. The predicted octanol–water partition coefficient (Wildman–Crippen LogP) is 7.07. The number of allylic oxidation sites excluding steroid dienone is 4. The number of carbonyl (C=O) groups excluding carboxylic acids is 2. The number of nitriles is 3. The first-order valence-corrected chi connectivity index (χ1v) is 16.7. The molecule has 0 saturated carbocycles. The molecule has 0 bridgehead atoms. The van der Waals surface area contributed by atoms with Crippen molar-refractivity contribution in [2.24, 2.45) is 0 Å². The van der Waals surface area contributed by atoms with Crippen LogP contribution in [0.2, 0.25) is 0 Å². The molecular formula is C41H40N5O4+. The number of nitrogens with zero attached hydrogens (tertiary/aromatic N) is 5. The van der Waals surface area contributed by atoms with Crippen LogP contribution < -0.4 is 4.90 Å². The molecule has 0 radical (unpaired) electrons. The van der Waals surface area contributed by atoms with Crippen LogP contribution in [0.1, 0.15) is 63.1 Å². The maximum Gasteiger partial charge on any atom is 0.297 e. The molecule has 9 heteroatoms. The van der Waals surface area contributed by atoms with Crippen LogP contribution in [0.5, 0.6) is 0 Å². The van der Waals surface area contributed by atoms with Crippen molar-refractivity contribution in [2.45, 2.75) is 63.7 Å². The van der Waals surface area contributed by atoms with Crippen molar-refractivity contribution in [1.82, 2.24) is 0 Å². The Morgan fingerprint density at radius 2 is 1.44 bits per heavy atom. The van der Waals surface area contributed by atoms with Gasteiger partial charge in [0.1, 0.15) is 23.8 Å². The molecule has 3 aromatic carbocycles. The van der Waals surface area contributed by atoms with Crippen molar-refractivity contribution in [3.05, 3.63) is 118 Å². The number of unbranched alkanes of at least 4 members (excludes halogenated alkanes) is 3. The third kappa shape index (κ3) is 6.53. The first-order valence-electron chi connectivity index (χ1n) is 16.7. The maximum atomic E-state index is 11.5. The van der Waals surface area contributed by atoms with E-state index in [0.717, 1.165) is 53.7 Å². The summed E-state index contributed by atoms with van der Waals surface area (Å²) in [6.07, 6.45) is 3.79. The lowest BCUT2D eigenvalue weighted by molar-refractivity contribution is -0.479. The summed E-state index contributed by atoms with van der Waals surface area (Å²) in [5, 5.41) is 33.0. The SMILES string of the molecule is CC1(Cc2ccccc2)C(/C(C#N)=C(C#N)/C(C#N)=C2\N(CCCCCCOC=O)c3ccccc3C2(C)C)=[N+](COC=O)c2ccccc21. The largest absolute Gasteiger partial charge is 0.468 e. The quantitative estimate of drug-likeness (QED) is 0.0729. The van der Waals surface area contributed by atoms with Crippen LogP contribution in [0.25, 0.3) is 0 Å². The first kappa shape index (κ1) is 35.3. The highest BCUT2D eigenvalue weighted by atomic mass is 16.5. The Hall–Kier alpha value is -5.98. The van der Waals surface area contributed by atoms with Gasteiger partial charge in [-0.1, -0.05) is 87.0 Å². The number of hydrogen-bond acceptors (Lipinski definition) is 8. The molecule has 2 heterocycles. The fourth-order valence-corrected chi connectivity index (χ4v) is 7.61. The summed E-state index contributed by atoms with van der Waals surface area (Å²) in [5.74, 6) is 0. The Kier molecular flexibility index (Phi) is 10.9. The van der Waals surface area contributed by atoms with Crippen molar-refractivity contribution in [2.75, 3.05) is 24.8 Å². The highest BCUT2D eigenvalue weighted by Crippen LogP contribution is 2.51. The van der Waals surface area contributed by atoms with E-state index in [0.29, 0.717) is 43.9 Å². The second-order valence-corrected chi connectivity index (χ2v) is 13.2. The van der Waals surface area contributed by atoms with Crippen LogP contribution in [-0.2, 0) is 36.3 Å². The molecular weight excluding hydrogens is 626 g/mol. The van der Waals surface area contributed by atoms with Crippen LogP contribution in [-0.4, -0.2) is 43.1 Å². The van der Waals surface area contributed by atoms with Gasteiger partial charge in [-0.25, -0.2) is 0 Å². The topological polar surface area (TPSA) is 130 Å². The van der Waals surface area contributed by atoms with Gasteiger partial charge in [0.05, 0.1) is 23.2 Å². The molecule has 0 aliphatic carbocycles. The first-order chi connectivity index (χ1) is 24.3. The van der Waals surface area contributed by atoms with Crippen molar-refractivity contribution in [1.29, 1.82) is 15.8 Å². The van der Waals surface area contributed by atoms with Crippen molar-refractivity contribution in [3.8, 4) is 18.2 Å². The van der Waals surface area contributed by atoms with E-state index in [9.17, 15) is 25.4 Å². The molecule has 50 heavy (non-hydrogen) atoms. The summed E-state index contributed by atoms with van der Waals surface area (Å²) in [5.41, 5.74) is 4.49. The number of fused-ring (bicyclic) bond motifs is 2. The summed E-state index contributed by atoms with van der Waals surface area (Å²) in [6.45, 7) is 7.72. The molecule has 0 saturated heterocycles. The smallest absolute Gasteiger partial charge is 0.297 e. The van der Waals surface area contributed by atoms with Crippen molar-refractivity contribution < 1.29 is 23.6 Å². The van der Waals surface area contributed by atoms with Crippen LogP contribution in [0.15, 0.2) is 101 Å². The molecule has 2 aliphatic rings. The lowest BCUT2D eigenvalue weighted by Gasteiger charge is -2.29. The fraction of sp³-hybridized carbons (Fsp3) is 0.317. The molecule has 0 N–H and O–H groups in total. The summed E-state index contributed by atoms with van der Waals surface area (Å²) < 4.78 is 11.9. The average Bonchev–Trinajstić information content (AvgIpc) is 3.50. The molecule has 1 atom stereocenters. The molecule has 9 nitrogen and oxygen atoms in total. The fourth-order valence-electron chi connectivity index (χ4n) is 7.61. The zero-order valence-corrected chi connectivity index (χ0v) is 28.7. The van der Waals surface area contributed by atoms with Crippen LogP contribution in [0.4, 0.5) is 11.4 Å². The lowest BCUT2D eigenvalue weighted by Crippen LogP contribution is -2.37. The normalized spacial score (nSPS) is 18.5. The molecule has 0 aromatic heterocycles. The Morgan fingerprint density at radius 1 is 0.780 bits per heavy atom. The third-order valence-corrected chi connectivity index (χ3v) is 9.76. The predicted molar refractivity (Wildman–Crippen MR) is 189 cm³/mol. The van der Waals surface area contributed by atoms with E-state index in [4.69, 9.17) is 9.47 Å². The van der Waals surface area contributed by atoms with Gasteiger partial charge in [0.25, 0.3) is 19.7 Å². The Bertz CT molecular complexity index is 1990. The summed E-state index contributed by atoms with van der Waals surface area (Å²) >= 11 is 0.